The van der Waals surface area contributed by atoms with Crippen LogP contribution in [0.15, 0.2) is 36.8 Å². The molecular formula is C12H14ClN3. The van der Waals surface area contributed by atoms with Crippen molar-refractivity contribution in [2.24, 2.45) is 5.73 Å². The number of nitrogens with zero attached hydrogens (tertiary/aromatic N) is 2. The lowest BCUT2D eigenvalue weighted by molar-refractivity contribution is 0.524. The number of hydrogen-bond donors (Lipinski definition) is 1. The van der Waals surface area contributed by atoms with Crippen molar-refractivity contribution in [3.63, 3.8) is 0 Å². The summed E-state index contributed by atoms with van der Waals surface area (Å²) in [6.07, 6.45) is 3.54. The van der Waals surface area contributed by atoms with Gasteiger partial charge < -0.3 is 10.3 Å². The minimum Gasteiger partial charge on any atom is -0.321 e. The van der Waals surface area contributed by atoms with Crippen molar-refractivity contribution in [3.05, 3.63) is 47.5 Å². The Hall–Kier alpha value is -1.32. The monoisotopic (exact) mass is 235 g/mol. The fourth-order valence-electron chi connectivity index (χ4n) is 1.58. The lowest BCUT2D eigenvalue weighted by atomic mass is 10.0. The highest BCUT2D eigenvalue weighted by molar-refractivity contribution is 6.30. The van der Waals surface area contributed by atoms with Crippen LogP contribution in [0, 0.1) is 0 Å². The van der Waals surface area contributed by atoms with Crippen molar-refractivity contribution in [1.29, 1.82) is 0 Å². The molecule has 2 rings (SSSR count). The Morgan fingerprint density at radius 2 is 1.88 bits per heavy atom. The van der Waals surface area contributed by atoms with Crippen LogP contribution in [0.25, 0.3) is 5.69 Å². The number of halogens is 1. The normalized spacial score (nSPS) is 11.8. The van der Waals surface area contributed by atoms with Crippen molar-refractivity contribution in [1.82, 2.24) is 9.55 Å². The highest BCUT2D eigenvalue weighted by atomic mass is 35.5. The second kappa shape index (κ2) is 3.92. The van der Waals surface area contributed by atoms with Crippen LogP contribution in [0.4, 0.5) is 0 Å². The number of rotatable bonds is 2. The SMILES string of the molecule is CC(C)(N)c1cncn1-c1ccc(Cl)cc1. The summed E-state index contributed by atoms with van der Waals surface area (Å²) in [5.41, 5.74) is 7.64. The summed E-state index contributed by atoms with van der Waals surface area (Å²) in [6.45, 7) is 3.91. The van der Waals surface area contributed by atoms with E-state index in [0.29, 0.717) is 0 Å². The first-order chi connectivity index (χ1) is 7.48. The van der Waals surface area contributed by atoms with Crippen LogP contribution in [0.2, 0.25) is 5.02 Å². The molecule has 1 aromatic heterocycles. The lowest BCUT2D eigenvalue weighted by Crippen LogP contribution is -2.31. The van der Waals surface area contributed by atoms with Gasteiger partial charge in [0.15, 0.2) is 0 Å². The van der Waals surface area contributed by atoms with Crippen molar-refractivity contribution < 1.29 is 0 Å². The fraction of sp³-hybridized carbons (Fsp3) is 0.250. The Labute approximate surface area is 99.9 Å². The van der Waals surface area contributed by atoms with Crippen LogP contribution < -0.4 is 5.73 Å². The summed E-state index contributed by atoms with van der Waals surface area (Å²) in [5.74, 6) is 0. The third kappa shape index (κ3) is 2.10. The maximum atomic E-state index is 6.08. The number of imidazole rings is 1. The second-order valence-corrected chi connectivity index (χ2v) is 4.78. The molecule has 0 aliphatic heterocycles. The van der Waals surface area contributed by atoms with Gasteiger partial charge in [0.05, 0.1) is 23.8 Å². The fourth-order valence-corrected chi connectivity index (χ4v) is 1.71. The van der Waals surface area contributed by atoms with Gasteiger partial charge in [-0.05, 0) is 38.1 Å². The molecular weight excluding hydrogens is 222 g/mol. The standard InChI is InChI=1S/C12H14ClN3/c1-12(2,14)11-7-15-8-16(11)10-5-3-9(13)4-6-10/h3-8H,14H2,1-2H3. The van der Waals surface area contributed by atoms with Crippen molar-refractivity contribution in [2.75, 3.05) is 0 Å². The van der Waals surface area contributed by atoms with E-state index in [1.165, 1.54) is 0 Å². The number of aromatic nitrogens is 2. The zero-order valence-electron chi connectivity index (χ0n) is 9.31. The molecule has 84 valence electrons. The summed E-state index contributed by atoms with van der Waals surface area (Å²) < 4.78 is 1.97. The molecule has 0 atom stereocenters. The van der Waals surface area contributed by atoms with Gasteiger partial charge in [-0.1, -0.05) is 11.6 Å². The van der Waals surface area contributed by atoms with E-state index in [2.05, 4.69) is 4.98 Å². The summed E-state index contributed by atoms with van der Waals surface area (Å²) in [6, 6.07) is 7.59. The zero-order chi connectivity index (χ0) is 11.8. The molecule has 0 radical (unpaired) electrons. The third-order valence-electron chi connectivity index (χ3n) is 2.40. The van der Waals surface area contributed by atoms with Crippen LogP contribution in [0.5, 0.6) is 0 Å². The average Bonchev–Trinajstić information content (AvgIpc) is 2.66. The van der Waals surface area contributed by atoms with Gasteiger partial charge in [-0.15, -0.1) is 0 Å². The molecule has 1 heterocycles. The summed E-state index contributed by atoms with van der Waals surface area (Å²) in [4.78, 5) is 4.14. The number of benzene rings is 1. The number of hydrogen-bond acceptors (Lipinski definition) is 2. The predicted octanol–water partition coefficient (Wildman–Crippen LogP) is 2.72. The van der Waals surface area contributed by atoms with E-state index in [1.807, 2.05) is 42.7 Å². The van der Waals surface area contributed by atoms with Gasteiger partial charge in [0, 0.05) is 10.7 Å². The molecule has 0 spiro atoms. The van der Waals surface area contributed by atoms with Gasteiger partial charge in [-0.3, -0.25) is 0 Å². The molecule has 0 fully saturated rings. The molecule has 16 heavy (non-hydrogen) atoms. The van der Waals surface area contributed by atoms with E-state index >= 15 is 0 Å². The molecule has 0 saturated heterocycles. The molecule has 0 saturated carbocycles. The first-order valence-corrected chi connectivity index (χ1v) is 5.44. The molecule has 0 aliphatic carbocycles. The second-order valence-electron chi connectivity index (χ2n) is 4.35. The zero-order valence-corrected chi connectivity index (χ0v) is 10.1. The number of nitrogens with two attached hydrogens (primary N) is 1. The molecule has 0 bridgehead atoms. The van der Waals surface area contributed by atoms with Crippen molar-refractivity contribution >= 4 is 11.6 Å². The van der Waals surface area contributed by atoms with E-state index < -0.39 is 5.54 Å². The van der Waals surface area contributed by atoms with E-state index in [-0.39, 0.29) is 0 Å². The summed E-state index contributed by atoms with van der Waals surface area (Å²) >= 11 is 5.85. The van der Waals surface area contributed by atoms with E-state index in [1.54, 1.807) is 12.5 Å². The average molecular weight is 236 g/mol. The summed E-state index contributed by atoms with van der Waals surface area (Å²) in [5, 5.41) is 0.720. The molecule has 1 aromatic carbocycles. The van der Waals surface area contributed by atoms with E-state index in [4.69, 9.17) is 17.3 Å². The smallest absolute Gasteiger partial charge is 0.0994 e. The van der Waals surface area contributed by atoms with Crippen LogP contribution in [0.3, 0.4) is 0 Å². The molecule has 3 nitrogen and oxygen atoms in total. The highest BCUT2D eigenvalue weighted by Crippen LogP contribution is 2.21. The Bertz CT molecular complexity index is 480. The van der Waals surface area contributed by atoms with Gasteiger partial charge in [-0.2, -0.15) is 0 Å². The first-order valence-electron chi connectivity index (χ1n) is 5.06. The van der Waals surface area contributed by atoms with Crippen LogP contribution in [-0.4, -0.2) is 9.55 Å². The van der Waals surface area contributed by atoms with Crippen LogP contribution >= 0.6 is 11.6 Å². The minimum absolute atomic E-state index is 0.420. The van der Waals surface area contributed by atoms with E-state index in [0.717, 1.165) is 16.4 Å². The van der Waals surface area contributed by atoms with Crippen molar-refractivity contribution in [3.8, 4) is 5.69 Å². The largest absolute Gasteiger partial charge is 0.321 e. The van der Waals surface area contributed by atoms with Gasteiger partial charge in [0.25, 0.3) is 0 Å². The Balaban J connectivity index is 2.49. The predicted molar refractivity (Wildman–Crippen MR) is 65.8 cm³/mol. The van der Waals surface area contributed by atoms with Crippen LogP contribution in [-0.2, 0) is 5.54 Å². The maximum absolute atomic E-state index is 6.08. The lowest BCUT2D eigenvalue weighted by Gasteiger charge is -2.20. The third-order valence-corrected chi connectivity index (χ3v) is 2.66. The topological polar surface area (TPSA) is 43.8 Å². The van der Waals surface area contributed by atoms with Gasteiger partial charge in [0.1, 0.15) is 0 Å². The van der Waals surface area contributed by atoms with E-state index in [9.17, 15) is 0 Å². The molecule has 0 unspecified atom stereocenters. The Morgan fingerprint density at radius 3 is 2.44 bits per heavy atom. The van der Waals surface area contributed by atoms with Gasteiger partial charge >= 0.3 is 0 Å². The quantitative estimate of drug-likeness (QED) is 0.870. The summed E-state index contributed by atoms with van der Waals surface area (Å²) in [7, 11) is 0. The van der Waals surface area contributed by atoms with Crippen molar-refractivity contribution in [2.45, 2.75) is 19.4 Å². The molecule has 2 N–H and O–H groups in total. The Morgan fingerprint density at radius 1 is 1.25 bits per heavy atom. The maximum Gasteiger partial charge on any atom is 0.0994 e. The minimum atomic E-state index is -0.420. The highest BCUT2D eigenvalue weighted by Gasteiger charge is 2.19. The van der Waals surface area contributed by atoms with Gasteiger partial charge in [0.2, 0.25) is 0 Å². The van der Waals surface area contributed by atoms with Gasteiger partial charge in [-0.25, -0.2) is 4.98 Å². The van der Waals surface area contributed by atoms with Crippen LogP contribution in [0.1, 0.15) is 19.5 Å². The molecule has 2 aromatic rings. The molecule has 0 aliphatic rings. The Kier molecular flexibility index (Phi) is 2.74. The first kappa shape index (κ1) is 11.2. The molecule has 4 heteroatoms. The molecule has 0 amide bonds.